The molecule has 156 valence electrons. The Labute approximate surface area is 171 Å². The number of anilines is 1. The number of para-hydroxylation sites is 1. The lowest BCUT2D eigenvalue weighted by molar-refractivity contribution is -0.118. The van der Waals surface area contributed by atoms with Gasteiger partial charge in [-0.3, -0.25) is 4.79 Å². The maximum Gasteiger partial charge on any atom is 0.262 e. The molecule has 1 heterocycles. The fourth-order valence-electron chi connectivity index (χ4n) is 3.25. The molecule has 2 aromatic carbocycles. The number of hydrogen-bond acceptors (Lipinski definition) is 5. The molecule has 0 aromatic heterocycles. The van der Waals surface area contributed by atoms with E-state index in [9.17, 15) is 13.2 Å². The second-order valence-electron chi connectivity index (χ2n) is 7.21. The number of ether oxygens (including phenoxy) is 2. The molecule has 1 fully saturated rings. The van der Waals surface area contributed by atoms with Gasteiger partial charge in [-0.25, -0.2) is 8.42 Å². The molecule has 8 heteroatoms. The fraction of sp³-hybridized carbons (Fsp3) is 0.381. The van der Waals surface area contributed by atoms with Gasteiger partial charge in [-0.05, 0) is 56.7 Å². The highest BCUT2D eigenvalue weighted by atomic mass is 32.2. The van der Waals surface area contributed by atoms with Gasteiger partial charge in [-0.1, -0.05) is 18.2 Å². The summed E-state index contributed by atoms with van der Waals surface area (Å²) >= 11 is 0. The van der Waals surface area contributed by atoms with Gasteiger partial charge in [0.25, 0.3) is 5.91 Å². The number of hydrogen-bond donors (Lipinski definition) is 1. The number of carbonyl (C=O) groups is 1. The molecule has 7 nitrogen and oxygen atoms in total. The van der Waals surface area contributed by atoms with E-state index in [-0.39, 0.29) is 29.6 Å². The molecule has 1 saturated heterocycles. The summed E-state index contributed by atoms with van der Waals surface area (Å²) in [5.41, 5.74) is 1.45. The van der Waals surface area contributed by atoms with Gasteiger partial charge < -0.3 is 14.8 Å². The van der Waals surface area contributed by atoms with Crippen LogP contribution in [0, 0.1) is 6.92 Å². The van der Waals surface area contributed by atoms with E-state index in [1.54, 1.807) is 18.2 Å². The standard InChI is InChI=1S/C21H26N2O5S/c1-15-6-4-5-7-20(15)27-14-21(24)22-18-8-10-19(11-9-18)29(25,26)23-12-16(2)28-17(3)13-23/h4-11,16-17H,12-14H2,1-3H3,(H,22,24)/t16-,17-/m1/s1. The third-order valence-electron chi connectivity index (χ3n) is 4.61. The van der Waals surface area contributed by atoms with Crippen molar-refractivity contribution in [2.75, 3.05) is 25.0 Å². The lowest BCUT2D eigenvalue weighted by Crippen LogP contribution is -2.48. The predicted molar refractivity (Wildman–Crippen MR) is 111 cm³/mol. The Morgan fingerprint density at radius 3 is 2.34 bits per heavy atom. The molecule has 2 atom stereocenters. The molecule has 29 heavy (non-hydrogen) atoms. The first-order chi connectivity index (χ1) is 13.8. The molecule has 0 saturated carbocycles. The molecule has 3 rings (SSSR count). The van der Waals surface area contributed by atoms with Crippen LogP contribution in [0.1, 0.15) is 19.4 Å². The Morgan fingerprint density at radius 2 is 1.72 bits per heavy atom. The third-order valence-corrected chi connectivity index (χ3v) is 6.46. The van der Waals surface area contributed by atoms with Crippen molar-refractivity contribution >= 4 is 21.6 Å². The van der Waals surface area contributed by atoms with E-state index in [4.69, 9.17) is 9.47 Å². The minimum absolute atomic E-state index is 0.130. The van der Waals surface area contributed by atoms with Gasteiger partial charge in [-0.2, -0.15) is 4.31 Å². The summed E-state index contributed by atoms with van der Waals surface area (Å²) in [7, 11) is -3.61. The molecule has 0 bridgehead atoms. The Bertz CT molecular complexity index is 949. The van der Waals surface area contributed by atoms with E-state index in [2.05, 4.69) is 5.32 Å². The van der Waals surface area contributed by atoms with Crippen LogP contribution in [0.25, 0.3) is 0 Å². The molecule has 1 aliphatic heterocycles. The molecular weight excluding hydrogens is 392 g/mol. The predicted octanol–water partition coefficient (Wildman–Crippen LogP) is 2.81. The molecule has 1 N–H and O–H groups in total. The van der Waals surface area contributed by atoms with Gasteiger partial charge >= 0.3 is 0 Å². The third kappa shape index (κ3) is 5.35. The first kappa shape index (κ1) is 21.3. The Balaban J connectivity index is 1.61. The van der Waals surface area contributed by atoms with E-state index in [0.717, 1.165) is 5.56 Å². The zero-order valence-corrected chi connectivity index (χ0v) is 17.6. The maximum absolute atomic E-state index is 12.9. The van der Waals surface area contributed by atoms with Gasteiger partial charge in [0, 0.05) is 18.8 Å². The normalized spacial score (nSPS) is 20.2. The Morgan fingerprint density at radius 1 is 1.10 bits per heavy atom. The molecule has 0 radical (unpaired) electrons. The summed E-state index contributed by atoms with van der Waals surface area (Å²) in [4.78, 5) is 12.3. The number of carbonyl (C=O) groups excluding carboxylic acids is 1. The second kappa shape index (κ2) is 8.94. The molecule has 0 unspecified atom stereocenters. The van der Waals surface area contributed by atoms with Gasteiger partial charge in [-0.15, -0.1) is 0 Å². The average molecular weight is 419 g/mol. The van der Waals surface area contributed by atoms with Crippen molar-refractivity contribution in [2.45, 2.75) is 37.9 Å². The summed E-state index contributed by atoms with van der Waals surface area (Å²) < 4.78 is 38.3. The van der Waals surface area contributed by atoms with Gasteiger partial charge in [0.05, 0.1) is 17.1 Å². The minimum atomic E-state index is -3.61. The average Bonchev–Trinajstić information content (AvgIpc) is 2.67. The van der Waals surface area contributed by atoms with Crippen molar-refractivity contribution in [3.05, 3.63) is 54.1 Å². The Kier molecular flexibility index (Phi) is 6.56. The van der Waals surface area contributed by atoms with Crippen LogP contribution in [0.2, 0.25) is 0 Å². The van der Waals surface area contributed by atoms with E-state index < -0.39 is 10.0 Å². The maximum atomic E-state index is 12.9. The number of morpholine rings is 1. The summed E-state index contributed by atoms with van der Waals surface area (Å²) in [5, 5.41) is 2.71. The molecule has 2 aromatic rings. The number of nitrogens with zero attached hydrogens (tertiary/aromatic N) is 1. The number of aryl methyl sites for hydroxylation is 1. The molecular formula is C21H26N2O5S. The second-order valence-corrected chi connectivity index (χ2v) is 9.14. The fourth-order valence-corrected chi connectivity index (χ4v) is 4.84. The first-order valence-electron chi connectivity index (χ1n) is 9.49. The number of nitrogens with one attached hydrogen (secondary N) is 1. The summed E-state index contributed by atoms with van der Waals surface area (Å²) in [6.45, 7) is 6.13. The molecule has 0 spiro atoms. The number of benzene rings is 2. The van der Waals surface area contributed by atoms with Crippen LogP contribution in [-0.2, 0) is 19.6 Å². The van der Waals surface area contributed by atoms with Crippen LogP contribution in [-0.4, -0.2) is 50.5 Å². The highest BCUT2D eigenvalue weighted by molar-refractivity contribution is 7.89. The highest BCUT2D eigenvalue weighted by Crippen LogP contribution is 2.22. The van der Waals surface area contributed by atoms with E-state index in [0.29, 0.717) is 24.5 Å². The molecule has 1 aliphatic rings. The monoisotopic (exact) mass is 418 g/mol. The number of rotatable bonds is 6. The summed E-state index contributed by atoms with van der Waals surface area (Å²) in [6.07, 6.45) is -0.305. The highest BCUT2D eigenvalue weighted by Gasteiger charge is 2.32. The van der Waals surface area contributed by atoms with Crippen molar-refractivity contribution in [3.8, 4) is 5.75 Å². The van der Waals surface area contributed by atoms with E-state index in [1.165, 1.54) is 16.4 Å². The van der Waals surface area contributed by atoms with Gasteiger partial charge in [0.2, 0.25) is 10.0 Å². The van der Waals surface area contributed by atoms with Gasteiger partial charge in [0.15, 0.2) is 6.61 Å². The van der Waals surface area contributed by atoms with E-state index in [1.807, 2.05) is 39.0 Å². The van der Waals surface area contributed by atoms with Crippen LogP contribution >= 0.6 is 0 Å². The zero-order chi connectivity index (χ0) is 21.0. The lowest BCUT2D eigenvalue weighted by Gasteiger charge is -2.34. The van der Waals surface area contributed by atoms with Gasteiger partial charge in [0.1, 0.15) is 5.75 Å². The lowest BCUT2D eigenvalue weighted by atomic mass is 10.2. The van der Waals surface area contributed by atoms with Crippen LogP contribution < -0.4 is 10.1 Å². The van der Waals surface area contributed by atoms with Crippen molar-refractivity contribution in [3.63, 3.8) is 0 Å². The van der Waals surface area contributed by atoms with Crippen LogP contribution in [0.3, 0.4) is 0 Å². The first-order valence-corrected chi connectivity index (χ1v) is 10.9. The number of sulfonamides is 1. The van der Waals surface area contributed by atoms with E-state index >= 15 is 0 Å². The minimum Gasteiger partial charge on any atom is -0.483 e. The van der Waals surface area contributed by atoms with Crippen molar-refractivity contribution in [1.29, 1.82) is 0 Å². The topological polar surface area (TPSA) is 84.9 Å². The molecule has 1 amide bonds. The summed E-state index contributed by atoms with van der Waals surface area (Å²) in [6, 6.07) is 13.6. The zero-order valence-electron chi connectivity index (χ0n) is 16.8. The Hall–Kier alpha value is -2.42. The van der Waals surface area contributed by atoms with Crippen molar-refractivity contribution < 1.29 is 22.7 Å². The number of amides is 1. The van der Waals surface area contributed by atoms with Crippen LogP contribution in [0.5, 0.6) is 5.75 Å². The largest absolute Gasteiger partial charge is 0.483 e. The van der Waals surface area contributed by atoms with Crippen LogP contribution in [0.15, 0.2) is 53.4 Å². The SMILES string of the molecule is Cc1ccccc1OCC(=O)Nc1ccc(S(=O)(=O)N2C[C@@H](C)O[C@H](C)C2)cc1. The van der Waals surface area contributed by atoms with Crippen molar-refractivity contribution in [2.24, 2.45) is 0 Å². The smallest absolute Gasteiger partial charge is 0.262 e. The quantitative estimate of drug-likeness (QED) is 0.780. The van der Waals surface area contributed by atoms with Crippen molar-refractivity contribution in [1.82, 2.24) is 4.31 Å². The van der Waals surface area contributed by atoms with Crippen LogP contribution in [0.4, 0.5) is 5.69 Å². The molecule has 0 aliphatic carbocycles. The summed E-state index contributed by atoms with van der Waals surface area (Å²) in [5.74, 6) is 0.331.